The van der Waals surface area contributed by atoms with Gasteiger partial charge in [0.1, 0.15) is 0 Å². The SMILES string of the molecule is C=C(C)CCOc1cccc(CNC(C)(C)C)n1. The van der Waals surface area contributed by atoms with Crippen LogP contribution in [0.15, 0.2) is 30.4 Å². The Bertz CT molecular complexity index is 394. The zero-order valence-electron chi connectivity index (χ0n) is 11.9. The molecule has 1 heterocycles. The molecule has 0 amide bonds. The lowest BCUT2D eigenvalue weighted by atomic mass is 10.1. The molecule has 0 aliphatic rings. The molecule has 1 aromatic heterocycles. The minimum Gasteiger partial charge on any atom is -0.477 e. The minimum atomic E-state index is 0.0957. The first-order chi connectivity index (χ1) is 8.37. The van der Waals surface area contributed by atoms with Gasteiger partial charge < -0.3 is 10.1 Å². The number of nitrogens with zero attached hydrogens (tertiary/aromatic N) is 1. The molecule has 1 aromatic rings. The maximum atomic E-state index is 5.59. The third-order valence-electron chi connectivity index (χ3n) is 2.36. The monoisotopic (exact) mass is 248 g/mol. The van der Waals surface area contributed by atoms with Crippen molar-refractivity contribution in [1.82, 2.24) is 10.3 Å². The van der Waals surface area contributed by atoms with Crippen molar-refractivity contribution in [2.75, 3.05) is 6.61 Å². The molecule has 0 fully saturated rings. The molecular weight excluding hydrogens is 224 g/mol. The van der Waals surface area contributed by atoms with Crippen LogP contribution in [0.4, 0.5) is 0 Å². The van der Waals surface area contributed by atoms with Gasteiger partial charge in [0.25, 0.3) is 0 Å². The Morgan fingerprint density at radius 1 is 1.39 bits per heavy atom. The molecule has 1 rings (SSSR count). The fourth-order valence-electron chi connectivity index (χ4n) is 1.32. The summed E-state index contributed by atoms with van der Waals surface area (Å²) in [6.45, 7) is 13.7. The van der Waals surface area contributed by atoms with Crippen molar-refractivity contribution in [2.24, 2.45) is 0 Å². The van der Waals surface area contributed by atoms with Crippen molar-refractivity contribution in [2.45, 2.75) is 46.2 Å². The number of rotatable bonds is 6. The lowest BCUT2D eigenvalue weighted by molar-refractivity contribution is 0.307. The van der Waals surface area contributed by atoms with E-state index in [1.807, 2.05) is 25.1 Å². The predicted octanol–water partition coefficient (Wildman–Crippen LogP) is 3.31. The third kappa shape index (κ3) is 6.40. The van der Waals surface area contributed by atoms with Crippen molar-refractivity contribution in [3.63, 3.8) is 0 Å². The van der Waals surface area contributed by atoms with Crippen molar-refractivity contribution in [3.8, 4) is 5.88 Å². The molecule has 1 N–H and O–H groups in total. The van der Waals surface area contributed by atoms with Crippen molar-refractivity contribution in [1.29, 1.82) is 0 Å². The fraction of sp³-hybridized carbons (Fsp3) is 0.533. The molecule has 0 radical (unpaired) electrons. The van der Waals surface area contributed by atoms with Gasteiger partial charge in [0, 0.05) is 24.6 Å². The van der Waals surface area contributed by atoms with Gasteiger partial charge >= 0.3 is 0 Å². The van der Waals surface area contributed by atoms with E-state index in [2.05, 4.69) is 37.7 Å². The quantitative estimate of drug-likeness (QED) is 0.784. The van der Waals surface area contributed by atoms with Crippen LogP contribution in [0.2, 0.25) is 0 Å². The highest BCUT2D eigenvalue weighted by atomic mass is 16.5. The maximum absolute atomic E-state index is 5.59. The number of pyridine rings is 1. The van der Waals surface area contributed by atoms with E-state index < -0.39 is 0 Å². The van der Waals surface area contributed by atoms with E-state index in [1.165, 1.54) is 0 Å². The second kappa shape index (κ2) is 6.55. The summed E-state index contributed by atoms with van der Waals surface area (Å²) in [6, 6.07) is 5.87. The molecule has 0 aliphatic carbocycles. The van der Waals surface area contributed by atoms with Crippen LogP contribution in [0.25, 0.3) is 0 Å². The number of hydrogen-bond donors (Lipinski definition) is 1. The predicted molar refractivity (Wildman–Crippen MR) is 75.8 cm³/mol. The smallest absolute Gasteiger partial charge is 0.213 e. The van der Waals surface area contributed by atoms with Crippen LogP contribution in [0.3, 0.4) is 0 Å². The molecule has 3 heteroatoms. The Hall–Kier alpha value is -1.35. The van der Waals surface area contributed by atoms with Gasteiger partial charge in [-0.3, -0.25) is 0 Å². The van der Waals surface area contributed by atoms with Gasteiger partial charge in [-0.15, -0.1) is 6.58 Å². The molecule has 3 nitrogen and oxygen atoms in total. The Morgan fingerprint density at radius 3 is 2.72 bits per heavy atom. The summed E-state index contributed by atoms with van der Waals surface area (Å²) >= 11 is 0. The maximum Gasteiger partial charge on any atom is 0.213 e. The van der Waals surface area contributed by atoms with Gasteiger partial charge in [0.05, 0.1) is 12.3 Å². The van der Waals surface area contributed by atoms with E-state index in [4.69, 9.17) is 4.74 Å². The highest BCUT2D eigenvalue weighted by Crippen LogP contribution is 2.10. The zero-order chi connectivity index (χ0) is 13.6. The van der Waals surface area contributed by atoms with Crippen LogP contribution in [-0.2, 0) is 6.54 Å². The summed E-state index contributed by atoms with van der Waals surface area (Å²) in [5, 5.41) is 3.41. The van der Waals surface area contributed by atoms with Crippen molar-refractivity contribution < 1.29 is 4.74 Å². The van der Waals surface area contributed by atoms with E-state index in [-0.39, 0.29) is 5.54 Å². The second-order valence-corrected chi connectivity index (χ2v) is 5.63. The van der Waals surface area contributed by atoms with E-state index in [0.717, 1.165) is 24.2 Å². The average molecular weight is 248 g/mol. The van der Waals surface area contributed by atoms with E-state index >= 15 is 0 Å². The Balaban J connectivity index is 2.49. The van der Waals surface area contributed by atoms with E-state index in [0.29, 0.717) is 12.5 Å². The van der Waals surface area contributed by atoms with Gasteiger partial charge in [-0.1, -0.05) is 11.6 Å². The van der Waals surface area contributed by atoms with Crippen molar-refractivity contribution >= 4 is 0 Å². The van der Waals surface area contributed by atoms with Crippen LogP contribution < -0.4 is 10.1 Å². The Morgan fingerprint density at radius 2 is 2.11 bits per heavy atom. The molecule has 18 heavy (non-hydrogen) atoms. The van der Waals surface area contributed by atoms with Crippen LogP contribution >= 0.6 is 0 Å². The van der Waals surface area contributed by atoms with Gasteiger partial charge in [0.15, 0.2) is 0 Å². The molecule has 0 aromatic carbocycles. The van der Waals surface area contributed by atoms with Crippen molar-refractivity contribution in [3.05, 3.63) is 36.0 Å². The number of hydrogen-bond acceptors (Lipinski definition) is 3. The Labute approximate surface area is 110 Å². The number of nitrogens with one attached hydrogen (secondary N) is 1. The van der Waals surface area contributed by atoms with Crippen LogP contribution in [-0.4, -0.2) is 17.1 Å². The lowest BCUT2D eigenvalue weighted by Crippen LogP contribution is -2.35. The first-order valence-corrected chi connectivity index (χ1v) is 6.35. The summed E-state index contributed by atoms with van der Waals surface area (Å²) in [6.07, 6.45) is 0.867. The first-order valence-electron chi connectivity index (χ1n) is 6.35. The second-order valence-electron chi connectivity index (χ2n) is 5.63. The van der Waals surface area contributed by atoms with E-state index in [1.54, 1.807) is 0 Å². The standard InChI is InChI=1S/C15H24N2O/c1-12(2)9-10-18-14-8-6-7-13(17-14)11-16-15(3,4)5/h6-8,16H,1,9-11H2,2-5H3. The zero-order valence-corrected chi connectivity index (χ0v) is 11.9. The summed E-state index contributed by atoms with van der Waals surface area (Å²) in [5.41, 5.74) is 2.22. The Kier molecular flexibility index (Phi) is 5.35. The number of aromatic nitrogens is 1. The molecule has 0 atom stereocenters. The van der Waals surface area contributed by atoms with Gasteiger partial charge in [-0.05, 0) is 33.8 Å². The van der Waals surface area contributed by atoms with Crippen LogP contribution in [0, 0.1) is 0 Å². The first kappa shape index (κ1) is 14.7. The summed E-state index contributed by atoms with van der Waals surface area (Å²) in [4.78, 5) is 4.46. The van der Waals surface area contributed by atoms with Gasteiger partial charge in [-0.25, -0.2) is 4.98 Å². The van der Waals surface area contributed by atoms with Crippen LogP contribution in [0.1, 0.15) is 39.8 Å². The van der Waals surface area contributed by atoms with Gasteiger partial charge in [-0.2, -0.15) is 0 Å². The minimum absolute atomic E-state index is 0.0957. The largest absolute Gasteiger partial charge is 0.477 e. The summed E-state index contributed by atoms with van der Waals surface area (Å²) in [5.74, 6) is 0.685. The lowest BCUT2D eigenvalue weighted by Gasteiger charge is -2.20. The number of ether oxygens (including phenoxy) is 1. The molecule has 0 bridgehead atoms. The fourth-order valence-corrected chi connectivity index (χ4v) is 1.32. The normalized spacial score (nSPS) is 11.3. The van der Waals surface area contributed by atoms with Gasteiger partial charge in [0.2, 0.25) is 5.88 Å². The molecular formula is C15H24N2O. The topological polar surface area (TPSA) is 34.1 Å². The molecule has 0 spiro atoms. The van der Waals surface area contributed by atoms with Crippen LogP contribution in [0.5, 0.6) is 5.88 Å². The summed E-state index contributed by atoms with van der Waals surface area (Å²) < 4.78 is 5.59. The summed E-state index contributed by atoms with van der Waals surface area (Å²) in [7, 11) is 0. The molecule has 0 saturated heterocycles. The molecule has 0 saturated carbocycles. The molecule has 100 valence electrons. The van der Waals surface area contributed by atoms with E-state index in [9.17, 15) is 0 Å². The highest BCUT2D eigenvalue weighted by molar-refractivity contribution is 5.16. The molecule has 0 aliphatic heterocycles. The third-order valence-corrected chi connectivity index (χ3v) is 2.36. The average Bonchev–Trinajstić information content (AvgIpc) is 2.26. The highest BCUT2D eigenvalue weighted by Gasteiger charge is 2.09. The molecule has 0 unspecified atom stereocenters.